The number of nitrogens with zero attached hydrogens (tertiary/aromatic N) is 2. The first-order valence-corrected chi connectivity index (χ1v) is 9.08. The van der Waals surface area contributed by atoms with E-state index in [1.807, 2.05) is 5.48 Å². The molecule has 12 heteroatoms. The van der Waals surface area contributed by atoms with Crippen molar-refractivity contribution >= 4 is 46.7 Å². The first kappa shape index (κ1) is 21.1. The standard InChI is InChI=1S/C17H13Cl2F3N4O3/c18-10-5-2-6-11(19)12(10)24-16-23-7-9(13(25-16)17(20,21)22)15(28)29-26-14(27)8-3-1-4-8/h2,5-8H,1,3-4H2,(H,26,27)(H,23,24,25). The molecule has 0 bridgehead atoms. The predicted molar refractivity (Wildman–Crippen MR) is 97.7 cm³/mol. The van der Waals surface area contributed by atoms with Crippen LogP contribution in [-0.2, 0) is 15.8 Å². The number of hydrogen-bond donors (Lipinski definition) is 2. The Morgan fingerprint density at radius 1 is 1.17 bits per heavy atom. The van der Waals surface area contributed by atoms with Gasteiger partial charge in [0.15, 0.2) is 5.69 Å². The van der Waals surface area contributed by atoms with Gasteiger partial charge in [-0.2, -0.15) is 18.7 Å². The maximum atomic E-state index is 13.4. The van der Waals surface area contributed by atoms with Gasteiger partial charge in [0.2, 0.25) is 5.95 Å². The summed E-state index contributed by atoms with van der Waals surface area (Å²) in [6.07, 6.45) is -2.23. The Morgan fingerprint density at radius 3 is 2.38 bits per heavy atom. The third-order valence-electron chi connectivity index (χ3n) is 4.20. The van der Waals surface area contributed by atoms with Gasteiger partial charge in [-0.15, -0.1) is 0 Å². The molecular formula is C17H13Cl2F3N4O3. The molecule has 1 heterocycles. The third-order valence-corrected chi connectivity index (χ3v) is 4.83. The van der Waals surface area contributed by atoms with E-state index in [4.69, 9.17) is 23.2 Å². The first-order chi connectivity index (χ1) is 13.7. The summed E-state index contributed by atoms with van der Waals surface area (Å²) in [6, 6.07) is 4.49. The minimum absolute atomic E-state index is 0.104. The maximum Gasteiger partial charge on any atom is 0.434 e. The number of amides is 1. The lowest BCUT2D eigenvalue weighted by atomic mass is 9.85. The van der Waals surface area contributed by atoms with Crippen LogP contribution < -0.4 is 10.8 Å². The van der Waals surface area contributed by atoms with Crippen LogP contribution in [0.1, 0.15) is 35.3 Å². The van der Waals surface area contributed by atoms with Crippen LogP contribution in [0, 0.1) is 5.92 Å². The number of carbonyl (C=O) groups excluding carboxylic acids is 2. The molecule has 0 unspecified atom stereocenters. The molecule has 0 aliphatic heterocycles. The van der Waals surface area contributed by atoms with Crippen LogP contribution in [0.3, 0.4) is 0 Å². The molecule has 0 saturated heterocycles. The van der Waals surface area contributed by atoms with E-state index in [9.17, 15) is 22.8 Å². The third kappa shape index (κ3) is 4.88. The fourth-order valence-corrected chi connectivity index (χ4v) is 2.93. The van der Waals surface area contributed by atoms with E-state index in [-0.39, 0.29) is 21.7 Å². The second-order valence-electron chi connectivity index (χ2n) is 6.16. The summed E-state index contributed by atoms with van der Waals surface area (Å²) >= 11 is 11.9. The van der Waals surface area contributed by atoms with Crippen molar-refractivity contribution in [3.8, 4) is 0 Å². The summed E-state index contributed by atoms with van der Waals surface area (Å²) in [5, 5.41) is 2.76. The van der Waals surface area contributed by atoms with Gasteiger partial charge in [0.05, 0.1) is 15.7 Å². The largest absolute Gasteiger partial charge is 0.434 e. The number of alkyl halides is 3. The zero-order valence-corrected chi connectivity index (χ0v) is 16.0. The molecule has 0 spiro atoms. The van der Waals surface area contributed by atoms with Gasteiger partial charge in [0.25, 0.3) is 5.91 Å². The molecule has 1 saturated carbocycles. The lowest BCUT2D eigenvalue weighted by Crippen LogP contribution is -2.36. The number of hydroxylamine groups is 1. The summed E-state index contributed by atoms with van der Waals surface area (Å²) < 4.78 is 40.2. The fourth-order valence-electron chi connectivity index (χ4n) is 2.44. The molecule has 3 rings (SSSR count). The number of halogens is 5. The van der Waals surface area contributed by atoms with Crippen molar-refractivity contribution in [2.45, 2.75) is 25.4 Å². The molecule has 1 aliphatic carbocycles. The van der Waals surface area contributed by atoms with Crippen molar-refractivity contribution in [1.82, 2.24) is 15.4 Å². The monoisotopic (exact) mass is 448 g/mol. The van der Waals surface area contributed by atoms with Crippen molar-refractivity contribution in [3.05, 3.63) is 45.7 Å². The van der Waals surface area contributed by atoms with Crippen molar-refractivity contribution in [2.75, 3.05) is 5.32 Å². The van der Waals surface area contributed by atoms with E-state index in [1.165, 1.54) is 12.1 Å². The van der Waals surface area contributed by atoms with Gasteiger partial charge >= 0.3 is 12.1 Å². The Hall–Kier alpha value is -2.59. The van der Waals surface area contributed by atoms with Crippen molar-refractivity contribution < 1.29 is 27.6 Å². The molecule has 1 aromatic heterocycles. The molecule has 2 aromatic rings. The topological polar surface area (TPSA) is 93.2 Å². The van der Waals surface area contributed by atoms with Gasteiger partial charge in [-0.25, -0.2) is 14.8 Å². The van der Waals surface area contributed by atoms with Crippen LogP contribution in [0.5, 0.6) is 0 Å². The van der Waals surface area contributed by atoms with E-state index < -0.39 is 35.3 Å². The van der Waals surface area contributed by atoms with Gasteiger partial charge in [0.1, 0.15) is 5.56 Å². The van der Waals surface area contributed by atoms with E-state index in [2.05, 4.69) is 20.1 Å². The van der Waals surface area contributed by atoms with Gasteiger partial charge < -0.3 is 10.2 Å². The van der Waals surface area contributed by atoms with Gasteiger partial charge in [-0.05, 0) is 25.0 Å². The Labute approximate surface area is 172 Å². The highest BCUT2D eigenvalue weighted by Gasteiger charge is 2.39. The molecule has 1 amide bonds. The zero-order valence-electron chi connectivity index (χ0n) is 14.5. The number of anilines is 2. The van der Waals surface area contributed by atoms with Crippen molar-refractivity contribution in [2.24, 2.45) is 5.92 Å². The zero-order chi connectivity index (χ0) is 21.2. The average molecular weight is 449 g/mol. The predicted octanol–water partition coefficient (Wildman–Crippen LogP) is 4.53. The summed E-state index contributed by atoms with van der Waals surface area (Å²) in [5.41, 5.74) is -0.524. The number of nitrogens with one attached hydrogen (secondary N) is 2. The quantitative estimate of drug-likeness (QED) is 0.667. The molecule has 1 fully saturated rings. The van der Waals surface area contributed by atoms with Crippen LogP contribution >= 0.6 is 23.2 Å². The lowest BCUT2D eigenvalue weighted by molar-refractivity contribution is -0.142. The summed E-state index contributed by atoms with van der Waals surface area (Å²) in [7, 11) is 0. The van der Waals surface area contributed by atoms with E-state index in [0.717, 1.165) is 6.42 Å². The molecule has 0 atom stereocenters. The van der Waals surface area contributed by atoms with Gasteiger partial charge in [-0.1, -0.05) is 35.7 Å². The minimum atomic E-state index is -4.99. The van der Waals surface area contributed by atoms with Crippen molar-refractivity contribution in [1.29, 1.82) is 0 Å². The number of carbonyl (C=O) groups is 2. The number of para-hydroxylation sites is 1. The van der Waals surface area contributed by atoms with E-state index >= 15 is 0 Å². The molecular weight excluding hydrogens is 436 g/mol. The Balaban J connectivity index is 1.82. The van der Waals surface area contributed by atoms with Crippen LogP contribution in [0.2, 0.25) is 10.0 Å². The summed E-state index contributed by atoms with van der Waals surface area (Å²) in [5.74, 6) is -2.80. The van der Waals surface area contributed by atoms with E-state index in [1.54, 1.807) is 6.07 Å². The van der Waals surface area contributed by atoms with Crippen LogP contribution in [0.25, 0.3) is 0 Å². The average Bonchev–Trinajstić information content (AvgIpc) is 2.60. The number of aromatic nitrogens is 2. The highest BCUT2D eigenvalue weighted by atomic mass is 35.5. The van der Waals surface area contributed by atoms with Gasteiger partial charge in [-0.3, -0.25) is 4.79 Å². The number of hydrogen-bond acceptors (Lipinski definition) is 6. The first-order valence-electron chi connectivity index (χ1n) is 8.33. The number of rotatable bonds is 4. The second-order valence-corrected chi connectivity index (χ2v) is 6.97. The lowest BCUT2D eigenvalue weighted by Gasteiger charge is -2.23. The highest BCUT2D eigenvalue weighted by molar-refractivity contribution is 6.39. The fraction of sp³-hybridized carbons (Fsp3) is 0.294. The molecule has 1 aliphatic rings. The van der Waals surface area contributed by atoms with Crippen LogP contribution in [0.4, 0.5) is 24.8 Å². The normalized spacial score (nSPS) is 14.1. The highest BCUT2D eigenvalue weighted by Crippen LogP contribution is 2.34. The summed E-state index contributed by atoms with van der Waals surface area (Å²) in [6.45, 7) is 0. The van der Waals surface area contributed by atoms with E-state index in [0.29, 0.717) is 19.0 Å². The van der Waals surface area contributed by atoms with Crippen molar-refractivity contribution in [3.63, 3.8) is 0 Å². The maximum absolute atomic E-state index is 13.4. The molecule has 1 aromatic carbocycles. The minimum Gasteiger partial charge on any atom is -0.335 e. The van der Waals surface area contributed by atoms with Gasteiger partial charge in [0, 0.05) is 12.1 Å². The Morgan fingerprint density at radius 2 is 1.83 bits per heavy atom. The molecule has 0 radical (unpaired) electrons. The Kier molecular flexibility index (Phi) is 6.13. The molecule has 154 valence electrons. The summed E-state index contributed by atoms with van der Waals surface area (Å²) in [4.78, 5) is 35.3. The van der Waals surface area contributed by atoms with Crippen LogP contribution in [0.15, 0.2) is 24.4 Å². The Bertz CT molecular complexity index is 932. The SMILES string of the molecule is O=C(ONC(=O)C1CCC1)c1cnc(Nc2c(Cl)cccc2Cl)nc1C(F)(F)F. The number of benzene rings is 1. The molecule has 29 heavy (non-hydrogen) atoms. The molecule has 7 nitrogen and oxygen atoms in total. The molecule has 2 N–H and O–H groups in total. The van der Waals surface area contributed by atoms with Crippen LogP contribution in [-0.4, -0.2) is 21.8 Å². The second kappa shape index (κ2) is 8.42. The smallest absolute Gasteiger partial charge is 0.335 e.